The molecule has 7 heteroatoms. The average Bonchev–Trinajstić information content (AvgIpc) is 3.01. The Labute approximate surface area is 141 Å². The van der Waals surface area contributed by atoms with E-state index in [-0.39, 0.29) is 16.4 Å². The highest BCUT2D eigenvalue weighted by Gasteiger charge is 2.13. The van der Waals surface area contributed by atoms with Gasteiger partial charge < -0.3 is 5.32 Å². The van der Waals surface area contributed by atoms with E-state index in [1.165, 1.54) is 12.1 Å². The molecule has 3 rings (SSSR count). The molecule has 0 saturated heterocycles. The molecule has 0 saturated carbocycles. The van der Waals surface area contributed by atoms with E-state index in [9.17, 15) is 9.18 Å². The molecule has 0 radical (unpaired) electrons. The van der Waals surface area contributed by atoms with Crippen LogP contribution in [0.15, 0.2) is 48.5 Å². The van der Waals surface area contributed by atoms with Crippen molar-refractivity contribution in [1.82, 2.24) is 10.2 Å². The molecule has 116 valence electrons. The minimum absolute atomic E-state index is 0.0436. The van der Waals surface area contributed by atoms with Crippen LogP contribution < -0.4 is 5.32 Å². The first-order chi connectivity index (χ1) is 11.0. The Kier molecular flexibility index (Phi) is 4.32. The maximum Gasteiger partial charge on any atom is 0.273 e. The van der Waals surface area contributed by atoms with E-state index in [1.807, 2.05) is 0 Å². The van der Waals surface area contributed by atoms with Crippen molar-refractivity contribution < 1.29 is 9.18 Å². The number of nitrogens with one attached hydrogen (secondary N) is 2. The first-order valence-corrected chi connectivity index (χ1v) is 7.36. The zero-order valence-electron chi connectivity index (χ0n) is 11.6. The van der Waals surface area contributed by atoms with Gasteiger partial charge in [-0.15, -0.1) is 0 Å². The highest BCUT2D eigenvalue weighted by atomic mass is 35.5. The lowest BCUT2D eigenvalue weighted by Crippen LogP contribution is -2.13. The minimum atomic E-state index is -0.608. The zero-order valence-corrected chi connectivity index (χ0v) is 13.1. The first-order valence-electron chi connectivity index (χ1n) is 6.61. The second-order valence-corrected chi connectivity index (χ2v) is 5.62. The molecule has 0 unspecified atom stereocenters. The summed E-state index contributed by atoms with van der Waals surface area (Å²) in [5.74, 6) is -1.11. The van der Waals surface area contributed by atoms with Gasteiger partial charge in [-0.2, -0.15) is 5.10 Å². The van der Waals surface area contributed by atoms with Gasteiger partial charge >= 0.3 is 0 Å². The van der Waals surface area contributed by atoms with Crippen molar-refractivity contribution in [3.8, 4) is 11.3 Å². The first kappa shape index (κ1) is 15.5. The highest BCUT2D eigenvalue weighted by Crippen LogP contribution is 2.22. The number of carbonyl (C=O) groups is 1. The molecule has 2 N–H and O–H groups in total. The third-order valence-corrected chi connectivity index (χ3v) is 3.63. The molecule has 23 heavy (non-hydrogen) atoms. The van der Waals surface area contributed by atoms with Gasteiger partial charge in [0, 0.05) is 15.6 Å². The topological polar surface area (TPSA) is 57.8 Å². The molecule has 1 amide bonds. The van der Waals surface area contributed by atoms with E-state index >= 15 is 0 Å². The van der Waals surface area contributed by atoms with Crippen molar-refractivity contribution in [2.24, 2.45) is 0 Å². The molecule has 1 aromatic heterocycles. The maximum atomic E-state index is 13.7. The Morgan fingerprint density at radius 3 is 2.43 bits per heavy atom. The summed E-state index contributed by atoms with van der Waals surface area (Å²) in [6.07, 6.45) is 0. The van der Waals surface area contributed by atoms with Crippen LogP contribution in [0.25, 0.3) is 11.3 Å². The van der Waals surface area contributed by atoms with E-state index in [1.54, 1.807) is 30.3 Å². The third kappa shape index (κ3) is 3.52. The van der Waals surface area contributed by atoms with Gasteiger partial charge in [-0.1, -0.05) is 35.3 Å². The Balaban J connectivity index is 1.79. The Bertz CT molecular complexity index is 862. The van der Waals surface area contributed by atoms with Crippen LogP contribution in [0.2, 0.25) is 10.0 Å². The van der Waals surface area contributed by atoms with E-state index in [2.05, 4.69) is 15.5 Å². The SMILES string of the molecule is O=C(Nc1ccc(Cl)cc1F)c1cc(-c2ccc(Cl)cc2)n[nH]1. The fourth-order valence-electron chi connectivity index (χ4n) is 1.99. The summed E-state index contributed by atoms with van der Waals surface area (Å²) in [7, 11) is 0. The van der Waals surface area contributed by atoms with Crippen LogP contribution in [0.3, 0.4) is 0 Å². The molecule has 0 fully saturated rings. The number of H-pyrrole nitrogens is 1. The Morgan fingerprint density at radius 2 is 1.74 bits per heavy atom. The standard InChI is InChI=1S/C16H10Cl2FN3O/c17-10-3-1-9(2-4-10)14-8-15(22-21-14)16(23)20-13-6-5-11(18)7-12(13)19/h1-8H,(H,20,23)(H,21,22). The van der Waals surface area contributed by atoms with Crippen LogP contribution in [0, 0.1) is 5.82 Å². The fourth-order valence-corrected chi connectivity index (χ4v) is 2.27. The summed E-state index contributed by atoms with van der Waals surface area (Å²) >= 11 is 11.5. The number of amides is 1. The molecule has 2 aromatic carbocycles. The number of halogens is 3. The number of aromatic amines is 1. The number of nitrogens with zero attached hydrogens (tertiary/aromatic N) is 1. The molecule has 0 aliphatic carbocycles. The van der Waals surface area contributed by atoms with Gasteiger partial charge in [-0.25, -0.2) is 4.39 Å². The number of benzene rings is 2. The summed E-state index contributed by atoms with van der Waals surface area (Å²) in [4.78, 5) is 12.1. The van der Waals surface area contributed by atoms with Gasteiger partial charge in [0.15, 0.2) is 0 Å². The smallest absolute Gasteiger partial charge is 0.273 e. The number of rotatable bonds is 3. The molecular formula is C16H10Cl2FN3O. The minimum Gasteiger partial charge on any atom is -0.318 e. The molecule has 0 aliphatic heterocycles. The largest absolute Gasteiger partial charge is 0.318 e. The number of carbonyl (C=O) groups excluding carboxylic acids is 1. The lowest BCUT2D eigenvalue weighted by atomic mass is 10.1. The number of anilines is 1. The number of hydrogen-bond acceptors (Lipinski definition) is 2. The van der Waals surface area contributed by atoms with Gasteiger partial charge in [0.2, 0.25) is 0 Å². The summed E-state index contributed by atoms with van der Waals surface area (Å²) in [5, 5.41) is 10.0. The highest BCUT2D eigenvalue weighted by molar-refractivity contribution is 6.31. The quantitative estimate of drug-likeness (QED) is 0.715. The predicted molar refractivity (Wildman–Crippen MR) is 88.4 cm³/mol. The van der Waals surface area contributed by atoms with Crippen LogP contribution in [0.4, 0.5) is 10.1 Å². The van der Waals surface area contributed by atoms with E-state index in [0.717, 1.165) is 11.6 Å². The van der Waals surface area contributed by atoms with Gasteiger partial charge in [0.05, 0.1) is 11.4 Å². The van der Waals surface area contributed by atoms with Gasteiger partial charge in [-0.3, -0.25) is 9.89 Å². The normalized spacial score (nSPS) is 10.6. The molecule has 0 spiro atoms. The monoisotopic (exact) mass is 349 g/mol. The zero-order chi connectivity index (χ0) is 16.4. The van der Waals surface area contributed by atoms with Crippen LogP contribution in [-0.2, 0) is 0 Å². The molecule has 0 atom stereocenters. The summed E-state index contributed by atoms with van der Waals surface area (Å²) < 4.78 is 13.7. The van der Waals surface area contributed by atoms with E-state index in [4.69, 9.17) is 23.2 Å². The molecule has 0 bridgehead atoms. The second-order valence-electron chi connectivity index (χ2n) is 4.75. The number of hydrogen-bond donors (Lipinski definition) is 2. The predicted octanol–water partition coefficient (Wildman–Crippen LogP) is 4.77. The molecule has 4 nitrogen and oxygen atoms in total. The lowest BCUT2D eigenvalue weighted by Gasteiger charge is -2.04. The van der Waals surface area contributed by atoms with Crippen molar-refractivity contribution in [2.75, 3.05) is 5.32 Å². The Morgan fingerprint density at radius 1 is 1.04 bits per heavy atom. The average molecular weight is 350 g/mol. The van der Waals surface area contributed by atoms with Crippen LogP contribution >= 0.6 is 23.2 Å². The molecular weight excluding hydrogens is 340 g/mol. The molecule has 0 aliphatic rings. The Hall–Kier alpha value is -2.37. The second kappa shape index (κ2) is 6.40. The van der Waals surface area contributed by atoms with Crippen molar-refractivity contribution in [2.45, 2.75) is 0 Å². The lowest BCUT2D eigenvalue weighted by molar-refractivity contribution is 0.102. The summed E-state index contributed by atoms with van der Waals surface area (Å²) in [5.41, 5.74) is 1.65. The molecule has 3 aromatic rings. The fraction of sp³-hybridized carbons (Fsp3) is 0. The van der Waals surface area contributed by atoms with Crippen LogP contribution in [-0.4, -0.2) is 16.1 Å². The number of aromatic nitrogens is 2. The van der Waals surface area contributed by atoms with Gasteiger partial charge in [0.25, 0.3) is 5.91 Å². The van der Waals surface area contributed by atoms with Crippen LogP contribution in [0.1, 0.15) is 10.5 Å². The van der Waals surface area contributed by atoms with Crippen molar-refractivity contribution in [1.29, 1.82) is 0 Å². The summed E-state index contributed by atoms with van der Waals surface area (Å²) in [6.45, 7) is 0. The third-order valence-electron chi connectivity index (χ3n) is 3.14. The van der Waals surface area contributed by atoms with Gasteiger partial charge in [-0.05, 0) is 36.4 Å². The van der Waals surface area contributed by atoms with E-state index < -0.39 is 11.7 Å². The van der Waals surface area contributed by atoms with Crippen molar-refractivity contribution in [3.63, 3.8) is 0 Å². The van der Waals surface area contributed by atoms with Crippen molar-refractivity contribution in [3.05, 3.63) is 70.1 Å². The summed E-state index contributed by atoms with van der Waals surface area (Å²) in [6, 6.07) is 12.6. The van der Waals surface area contributed by atoms with Crippen molar-refractivity contribution >= 4 is 34.8 Å². The maximum absolute atomic E-state index is 13.7. The van der Waals surface area contributed by atoms with E-state index in [0.29, 0.717) is 10.7 Å². The van der Waals surface area contributed by atoms with Crippen LogP contribution in [0.5, 0.6) is 0 Å². The molecule has 1 heterocycles. The van der Waals surface area contributed by atoms with Gasteiger partial charge in [0.1, 0.15) is 11.5 Å².